The third-order valence-corrected chi connectivity index (χ3v) is 4.88. The molecule has 2 aromatic rings. The summed E-state index contributed by atoms with van der Waals surface area (Å²) < 4.78 is 23.8. The number of piperazine rings is 1. The third kappa shape index (κ3) is 4.13. The molecule has 150 valence electrons. The minimum Gasteiger partial charge on any atom is -0.492 e. The molecule has 0 saturated carbocycles. The predicted molar refractivity (Wildman–Crippen MR) is 101 cm³/mol. The maximum absolute atomic E-state index is 12.9. The van der Waals surface area contributed by atoms with Crippen molar-refractivity contribution in [3.05, 3.63) is 54.2 Å². The van der Waals surface area contributed by atoms with Crippen LogP contribution in [0.5, 0.6) is 5.75 Å². The first kappa shape index (κ1) is 20.2. The largest absolute Gasteiger partial charge is 0.492 e. The Morgan fingerprint density at radius 3 is 2.64 bits per heavy atom. The molecule has 9 heteroatoms. The summed E-state index contributed by atoms with van der Waals surface area (Å²) in [4.78, 5) is 30.2. The van der Waals surface area contributed by atoms with E-state index in [4.69, 9.17) is 9.15 Å². The molecule has 2 fully saturated rings. The van der Waals surface area contributed by atoms with Crippen molar-refractivity contribution in [3.63, 3.8) is 0 Å². The number of imide groups is 1. The van der Waals surface area contributed by atoms with Gasteiger partial charge < -0.3 is 14.1 Å². The van der Waals surface area contributed by atoms with Crippen molar-refractivity contribution in [2.24, 2.45) is 0 Å². The zero-order chi connectivity index (χ0) is 18.8. The fraction of sp³-hybridized carbons (Fsp3) is 0.368. The van der Waals surface area contributed by atoms with Crippen LogP contribution in [0.15, 0.2) is 47.1 Å². The van der Waals surface area contributed by atoms with E-state index in [0.717, 1.165) is 0 Å². The second-order valence-electron chi connectivity index (χ2n) is 6.60. The Hall–Kier alpha value is -2.58. The van der Waals surface area contributed by atoms with Crippen LogP contribution in [0.2, 0.25) is 0 Å². The van der Waals surface area contributed by atoms with Crippen molar-refractivity contribution in [1.82, 2.24) is 14.7 Å². The van der Waals surface area contributed by atoms with Crippen molar-refractivity contribution in [2.45, 2.75) is 12.6 Å². The number of amides is 3. The van der Waals surface area contributed by atoms with Crippen LogP contribution in [0.3, 0.4) is 0 Å². The number of carbonyl (C=O) groups excluding carboxylic acids is 2. The van der Waals surface area contributed by atoms with Gasteiger partial charge in [0.05, 0.1) is 12.8 Å². The lowest BCUT2D eigenvalue weighted by atomic mass is 10.2. The molecular weight excluding hydrogens is 389 g/mol. The number of furan rings is 1. The number of urea groups is 1. The van der Waals surface area contributed by atoms with Gasteiger partial charge in [0.25, 0.3) is 5.91 Å². The Balaban J connectivity index is 0.00000225. The smallest absolute Gasteiger partial charge is 0.327 e. The minimum atomic E-state index is -0.466. The lowest BCUT2D eigenvalue weighted by Gasteiger charge is -2.35. The van der Waals surface area contributed by atoms with Crippen LogP contribution < -0.4 is 4.74 Å². The van der Waals surface area contributed by atoms with Crippen LogP contribution >= 0.6 is 12.4 Å². The van der Waals surface area contributed by atoms with Gasteiger partial charge in [0.1, 0.15) is 30.0 Å². The van der Waals surface area contributed by atoms with Gasteiger partial charge in [-0.3, -0.25) is 14.6 Å². The molecule has 0 N–H and O–H groups in total. The van der Waals surface area contributed by atoms with Gasteiger partial charge in [-0.25, -0.2) is 9.18 Å². The van der Waals surface area contributed by atoms with Crippen LogP contribution in [0, 0.1) is 5.82 Å². The lowest BCUT2D eigenvalue weighted by molar-refractivity contribution is -0.130. The van der Waals surface area contributed by atoms with Gasteiger partial charge in [-0.1, -0.05) is 0 Å². The number of ether oxygens (including phenoxy) is 1. The minimum absolute atomic E-state index is 0. The van der Waals surface area contributed by atoms with Crippen LogP contribution in [-0.4, -0.2) is 65.5 Å². The fourth-order valence-corrected chi connectivity index (χ4v) is 3.44. The normalized spacial score (nSPS) is 19.5. The van der Waals surface area contributed by atoms with Crippen molar-refractivity contribution < 1.29 is 23.1 Å². The molecule has 2 aliphatic rings. The molecule has 0 radical (unpaired) electrons. The Kier molecular flexibility index (Phi) is 6.21. The van der Waals surface area contributed by atoms with E-state index < -0.39 is 6.04 Å². The predicted octanol–water partition coefficient (Wildman–Crippen LogP) is 2.37. The van der Waals surface area contributed by atoms with Gasteiger partial charge in [-0.2, -0.15) is 0 Å². The first-order chi connectivity index (χ1) is 13.1. The third-order valence-electron chi connectivity index (χ3n) is 4.88. The Morgan fingerprint density at radius 1 is 1.14 bits per heavy atom. The number of rotatable bonds is 6. The van der Waals surface area contributed by atoms with Crippen molar-refractivity contribution in [2.75, 3.05) is 32.8 Å². The molecule has 2 saturated heterocycles. The SMILES string of the molecule is Cl.O=C1C2CN(CCOc3ccc(F)cc3)CCN2C(=O)N1Cc1ccco1. The summed E-state index contributed by atoms with van der Waals surface area (Å²) in [5.74, 6) is 0.690. The van der Waals surface area contributed by atoms with E-state index >= 15 is 0 Å². The fourth-order valence-electron chi connectivity index (χ4n) is 3.44. The van der Waals surface area contributed by atoms with Gasteiger partial charge in [-0.05, 0) is 36.4 Å². The summed E-state index contributed by atoms with van der Waals surface area (Å²) in [5.41, 5.74) is 0. The highest BCUT2D eigenvalue weighted by Gasteiger charge is 2.47. The number of hydrogen-bond donors (Lipinski definition) is 0. The summed E-state index contributed by atoms with van der Waals surface area (Å²) >= 11 is 0. The van der Waals surface area contributed by atoms with Crippen LogP contribution in [-0.2, 0) is 11.3 Å². The van der Waals surface area contributed by atoms with Crippen LogP contribution in [0.1, 0.15) is 5.76 Å². The Labute approximate surface area is 168 Å². The molecule has 1 aromatic carbocycles. The molecule has 3 amide bonds. The second kappa shape index (κ2) is 8.62. The van der Waals surface area contributed by atoms with E-state index in [1.54, 1.807) is 29.2 Å². The molecule has 0 spiro atoms. The highest BCUT2D eigenvalue weighted by Crippen LogP contribution is 2.24. The highest BCUT2D eigenvalue weighted by atomic mass is 35.5. The summed E-state index contributed by atoms with van der Waals surface area (Å²) in [6.07, 6.45) is 1.52. The van der Waals surface area contributed by atoms with Crippen molar-refractivity contribution in [3.8, 4) is 5.75 Å². The first-order valence-corrected chi connectivity index (χ1v) is 8.87. The van der Waals surface area contributed by atoms with E-state index in [-0.39, 0.29) is 36.7 Å². The summed E-state index contributed by atoms with van der Waals surface area (Å²) in [7, 11) is 0. The van der Waals surface area contributed by atoms with E-state index in [1.807, 2.05) is 0 Å². The van der Waals surface area contributed by atoms with Crippen LogP contribution in [0.4, 0.5) is 9.18 Å². The molecule has 7 nitrogen and oxygen atoms in total. The van der Waals surface area contributed by atoms with Gasteiger partial charge in [0, 0.05) is 26.2 Å². The van der Waals surface area contributed by atoms with Crippen LogP contribution in [0.25, 0.3) is 0 Å². The van der Waals surface area contributed by atoms with E-state index in [9.17, 15) is 14.0 Å². The van der Waals surface area contributed by atoms with Gasteiger partial charge in [-0.15, -0.1) is 12.4 Å². The monoisotopic (exact) mass is 409 g/mol. The molecule has 4 rings (SSSR count). The summed E-state index contributed by atoms with van der Waals surface area (Å²) in [6.45, 7) is 2.87. The maximum Gasteiger partial charge on any atom is 0.327 e. The molecule has 1 atom stereocenters. The number of halogens is 2. The van der Waals surface area contributed by atoms with E-state index in [0.29, 0.717) is 44.3 Å². The molecule has 0 aliphatic carbocycles. The number of benzene rings is 1. The number of nitrogens with zero attached hydrogens (tertiary/aromatic N) is 3. The zero-order valence-corrected chi connectivity index (χ0v) is 15.9. The molecule has 1 aromatic heterocycles. The van der Waals surface area contributed by atoms with Gasteiger partial charge >= 0.3 is 6.03 Å². The Morgan fingerprint density at radius 2 is 1.93 bits per heavy atom. The van der Waals surface area contributed by atoms with Crippen molar-refractivity contribution >= 4 is 24.3 Å². The number of carbonyl (C=O) groups is 2. The summed E-state index contributed by atoms with van der Waals surface area (Å²) in [5, 5.41) is 0. The lowest BCUT2D eigenvalue weighted by Crippen LogP contribution is -2.53. The van der Waals surface area contributed by atoms with E-state index in [1.165, 1.54) is 23.3 Å². The van der Waals surface area contributed by atoms with Crippen molar-refractivity contribution in [1.29, 1.82) is 0 Å². The average molecular weight is 410 g/mol. The standard InChI is InChI=1S/C19H20FN3O4.ClH/c20-14-3-5-15(6-4-14)27-11-9-21-7-8-22-17(13-21)18(24)23(19(22)25)12-16-2-1-10-26-16;/h1-6,10,17H,7-9,11-13H2;1H. The average Bonchev–Trinajstić information content (AvgIpc) is 3.27. The second-order valence-corrected chi connectivity index (χ2v) is 6.60. The van der Waals surface area contributed by atoms with E-state index in [2.05, 4.69) is 4.90 Å². The summed E-state index contributed by atoms with van der Waals surface area (Å²) in [6, 6.07) is 8.62. The molecule has 1 unspecified atom stereocenters. The zero-order valence-electron chi connectivity index (χ0n) is 15.1. The molecule has 3 heterocycles. The molecular formula is C19H21ClFN3O4. The molecule has 28 heavy (non-hydrogen) atoms. The number of fused-ring (bicyclic) bond motifs is 1. The maximum atomic E-state index is 12.9. The number of hydrogen-bond acceptors (Lipinski definition) is 5. The van der Waals surface area contributed by atoms with Gasteiger partial charge in [0.15, 0.2) is 0 Å². The topological polar surface area (TPSA) is 66.2 Å². The van der Waals surface area contributed by atoms with Gasteiger partial charge in [0.2, 0.25) is 0 Å². The quantitative estimate of drug-likeness (QED) is 0.685. The highest BCUT2D eigenvalue weighted by molar-refractivity contribution is 6.04. The Bertz CT molecular complexity index is 815. The molecule has 0 bridgehead atoms. The molecule has 2 aliphatic heterocycles. The first-order valence-electron chi connectivity index (χ1n) is 8.87.